The maximum atomic E-state index is 10.7. The zero-order chi connectivity index (χ0) is 20.3. The van der Waals surface area contributed by atoms with Crippen LogP contribution < -0.4 is 0 Å². The van der Waals surface area contributed by atoms with Crippen LogP contribution in [0.3, 0.4) is 0 Å². The van der Waals surface area contributed by atoms with E-state index >= 15 is 0 Å². The van der Waals surface area contributed by atoms with Crippen molar-refractivity contribution in [1.82, 2.24) is 4.90 Å². The lowest BCUT2D eigenvalue weighted by molar-refractivity contribution is 0.00717. The highest BCUT2D eigenvalue weighted by Gasteiger charge is 2.23. The van der Waals surface area contributed by atoms with Gasteiger partial charge in [-0.05, 0) is 38.2 Å². The van der Waals surface area contributed by atoms with Crippen LogP contribution in [0.2, 0.25) is 0 Å². The van der Waals surface area contributed by atoms with Crippen molar-refractivity contribution in [3.05, 3.63) is 74.0 Å². The van der Waals surface area contributed by atoms with Crippen molar-refractivity contribution < 1.29 is 5.11 Å². The van der Waals surface area contributed by atoms with Crippen LogP contribution in [0.25, 0.3) is 0 Å². The van der Waals surface area contributed by atoms with Crippen molar-refractivity contribution in [2.75, 3.05) is 0 Å². The molecule has 0 aromatic rings. The summed E-state index contributed by atoms with van der Waals surface area (Å²) in [6, 6.07) is 0.167. The molecule has 2 atom stereocenters. The summed E-state index contributed by atoms with van der Waals surface area (Å²) in [6.07, 6.45) is 25.5. The summed E-state index contributed by atoms with van der Waals surface area (Å²) in [4.78, 5) is 2.03. The zero-order valence-electron chi connectivity index (χ0n) is 17.7. The standard InChI is InChI=1S/C23H35NO.C2H6/c1-4-6-8-9-10-11-12-16-20-23(25)24(21(3)17-7-5-2)22-18-14-13-15-19-22;1-2/h4-5,7,13-15,17-18,22-23,25H,1-3,6,8-12,16,19-20H2;1-2H3/b17-7-;. The first-order chi connectivity index (χ1) is 13.2. The Labute approximate surface area is 168 Å². The van der Waals surface area contributed by atoms with Crippen molar-refractivity contribution in [2.45, 2.75) is 83.9 Å². The van der Waals surface area contributed by atoms with Gasteiger partial charge in [-0.3, -0.25) is 0 Å². The zero-order valence-corrected chi connectivity index (χ0v) is 17.7. The quantitative estimate of drug-likeness (QED) is 0.153. The van der Waals surface area contributed by atoms with Crippen molar-refractivity contribution in [2.24, 2.45) is 0 Å². The number of unbranched alkanes of at least 4 members (excludes halogenated alkanes) is 6. The molecule has 0 fully saturated rings. The monoisotopic (exact) mass is 371 g/mol. The highest BCUT2D eigenvalue weighted by atomic mass is 16.3. The van der Waals surface area contributed by atoms with E-state index in [4.69, 9.17) is 0 Å². The third-order valence-electron chi connectivity index (χ3n) is 4.51. The smallest absolute Gasteiger partial charge is 0.127 e. The van der Waals surface area contributed by atoms with E-state index in [1.807, 2.05) is 43.1 Å². The lowest BCUT2D eigenvalue weighted by Gasteiger charge is -2.36. The van der Waals surface area contributed by atoms with Crippen LogP contribution in [0.5, 0.6) is 0 Å². The molecule has 0 aromatic heterocycles. The van der Waals surface area contributed by atoms with Gasteiger partial charge >= 0.3 is 0 Å². The van der Waals surface area contributed by atoms with E-state index in [0.29, 0.717) is 0 Å². The van der Waals surface area contributed by atoms with E-state index in [0.717, 1.165) is 31.4 Å². The molecular formula is C25H41NO. The predicted molar refractivity (Wildman–Crippen MR) is 121 cm³/mol. The highest BCUT2D eigenvalue weighted by molar-refractivity contribution is 5.23. The SMILES string of the molecule is C=C/C=C\C(=C)N(C(O)CCCCCCCCC=C)C1C=CC=CC1.CC. The van der Waals surface area contributed by atoms with Crippen LogP contribution in [0.1, 0.15) is 71.6 Å². The Balaban J connectivity index is 0.00000326. The van der Waals surface area contributed by atoms with E-state index in [2.05, 4.69) is 38.0 Å². The van der Waals surface area contributed by atoms with Crippen LogP contribution in [0.4, 0.5) is 0 Å². The number of aliphatic hydroxyl groups excluding tert-OH is 1. The average Bonchev–Trinajstić information content (AvgIpc) is 2.71. The molecule has 0 amide bonds. The van der Waals surface area contributed by atoms with Gasteiger partial charge in [-0.2, -0.15) is 0 Å². The Kier molecular flexibility index (Phi) is 16.4. The third-order valence-corrected chi connectivity index (χ3v) is 4.51. The number of nitrogens with zero attached hydrogens (tertiary/aromatic N) is 1. The summed E-state index contributed by atoms with van der Waals surface area (Å²) in [5.74, 6) is 0. The molecule has 1 aliphatic carbocycles. The van der Waals surface area contributed by atoms with Crippen LogP contribution in [-0.4, -0.2) is 22.3 Å². The summed E-state index contributed by atoms with van der Waals surface area (Å²) in [5.41, 5.74) is 0.835. The molecule has 27 heavy (non-hydrogen) atoms. The van der Waals surface area contributed by atoms with Gasteiger partial charge in [0.15, 0.2) is 0 Å². The molecule has 0 saturated carbocycles. The molecule has 1 N–H and O–H groups in total. The van der Waals surface area contributed by atoms with Gasteiger partial charge in [0, 0.05) is 5.70 Å². The molecule has 0 radical (unpaired) electrons. The summed E-state index contributed by atoms with van der Waals surface area (Å²) < 4.78 is 0. The average molecular weight is 372 g/mol. The van der Waals surface area contributed by atoms with Crippen molar-refractivity contribution in [3.8, 4) is 0 Å². The molecular weight excluding hydrogens is 330 g/mol. The fourth-order valence-electron chi connectivity index (χ4n) is 3.13. The van der Waals surface area contributed by atoms with Crippen molar-refractivity contribution in [3.63, 3.8) is 0 Å². The second kappa shape index (κ2) is 17.6. The van der Waals surface area contributed by atoms with Crippen LogP contribution in [0, 0.1) is 0 Å². The molecule has 0 saturated heterocycles. The minimum Gasteiger partial charge on any atom is -0.374 e. The Morgan fingerprint density at radius 1 is 1.11 bits per heavy atom. The highest BCUT2D eigenvalue weighted by Crippen LogP contribution is 2.22. The molecule has 0 aliphatic heterocycles. The van der Waals surface area contributed by atoms with Gasteiger partial charge in [0.05, 0.1) is 6.04 Å². The number of aliphatic hydroxyl groups is 1. The van der Waals surface area contributed by atoms with E-state index in [-0.39, 0.29) is 6.04 Å². The number of rotatable bonds is 14. The minimum absolute atomic E-state index is 0.167. The minimum atomic E-state index is -0.496. The van der Waals surface area contributed by atoms with E-state index in [1.54, 1.807) is 6.08 Å². The summed E-state index contributed by atoms with van der Waals surface area (Å²) in [5, 5.41) is 10.7. The van der Waals surface area contributed by atoms with Gasteiger partial charge in [0.25, 0.3) is 0 Å². The summed E-state index contributed by atoms with van der Waals surface area (Å²) in [6.45, 7) is 15.6. The Morgan fingerprint density at radius 2 is 1.78 bits per heavy atom. The lowest BCUT2D eigenvalue weighted by atomic mass is 10.0. The third kappa shape index (κ3) is 11.5. The molecule has 2 nitrogen and oxygen atoms in total. The Morgan fingerprint density at radius 3 is 2.37 bits per heavy atom. The lowest BCUT2D eigenvalue weighted by Crippen LogP contribution is -2.41. The summed E-state index contributed by atoms with van der Waals surface area (Å²) >= 11 is 0. The Bertz CT molecular complexity index is 487. The first-order valence-electron chi connectivity index (χ1n) is 10.6. The fourth-order valence-corrected chi connectivity index (χ4v) is 3.13. The Hall–Kier alpha value is -1.80. The van der Waals surface area contributed by atoms with E-state index in [1.165, 1.54) is 32.1 Å². The largest absolute Gasteiger partial charge is 0.374 e. The van der Waals surface area contributed by atoms with E-state index in [9.17, 15) is 5.11 Å². The van der Waals surface area contributed by atoms with Gasteiger partial charge in [0.1, 0.15) is 6.23 Å². The molecule has 0 aromatic carbocycles. The number of hydrogen-bond acceptors (Lipinski definition) is 2. The molecule has 0 spiro atoms. The molecule has 1 aliphatic rings. The van der Waals surface area contributed by atoms with Crippen molar-refractivity contribution >= 4 is 0 Å². The topological polar surface area (TPSA) is 23.5 Å². The molecule has 2 heteroatoms. The normalized spacial score (nSPS) is 16.5. The molecule has 1 rings (SSSR count). The number of allylic oxidation sites excluding steroid dienone is 6. The maximum Gasteiger partial charge on any atom is 0.127 e. The van der Waals surface area contributed by atoms with Gasteiger partial charge in [-0.15, -0.1) is 6.58 Å². The molecule has 0 heterocycles. The van der Waals surface area contributed by atoms with Gasteiger partial charge in [-0.25, -0.2) is 0 Å². The fraction of sp³-hybridized carbons (Fsp3) is 0.520. The second-order valence-electron chi connectivity index (χ2n) is 6.58. The maximum absolute atomic E-state index is 10.7. The van der Waals surface area contributed by atoms with Gasteiger partial charge < -0.3 is 10.0 Å². The van der Waals surface area contributed by atoms with Gasteiger partial charge in [0.2, 0.25) is 0 Å². The van der Waals surface area contributed by atoms with Crippen LogP contribution >= 0.6 is 0 Å². The van der Waals surface area contributed by atoms with Crippen LogP contribution in [-0.2, 0) is 0 Å². The summed E-state index contributed by atoms with van der Waals surface area (Å²) in [7, 11) is 0. The molecule has 2 unspecified atom stereocenters. The predicted octanol–water partition coefficient (Wildman–Crippen LogP) is 7.08. The first kappa shape index (κ1) is 25.2. The van der Waals surface area contributed by atoms with Crippen molar-refractivity contribution in [1.29, 1.82) is 0 Å². The molecule has 152 valence electrons. The molecule has 0 bridgehead atoms. The van der Waals surface area contributed by atoms with Gasteiger partial charge in [-0.1, -0.05) is 95.2 Å². The van der Waals surface area contributed by atoms with Crippen LogP contribution in [0.15, 0.2) is 74.0 Å². The first-order valence-corrected chi connectivity index (χ1v) is 10.6. The number of hydrogen-bond donors (Lipinski definition) is 1. The second-order valence-corrected chi connectivity index (χ2v) is 6.58. The van der Waals surface area contributed by atoms with E-state index < -0.39 is 6.23 Å².